The lowest BCUT2D eigenvalue weighted by Gasteiger charge is -2.41. The van der Waals surface area contributed by atoms with Gasteiger partial charge in [0.2, 0.25) is 12.2 Å². The third-order valence-corrected chi connectivity index (χ3v) is 6.26. The first-order valence-electron chi connectivity index (χ1n) is 13.0. The maximum Gasteiger partial charge on any atom is 0.410 e. The molecule has 13 nitrogen and oxygen atoms in total. The number of likely N-dealkylation sites (tertiary alicyclic amines) is 1. The first-order valence-corrected chi connectivity index (χ1v) is 13.0. The van der Waals surface area contributed by atoms with Gasteiger partial charge in [0, 0.05) is 38.9 Å². The van der Waals surface area contributed by atoms with Crippen molar-refractivity contribution in [3.05, 3.63) is 30.1 Å². The zero-order valence-electron chi connectivity index (χ0n) is 23.8. The lowest BCUT2D eigenvalue weighted by atomic mass is 9.96. The van der Waals surface area contributed by atoms with Crippen molar-refractivity contribution in [2.75, 3.05) is 13.7 Å². The second-order valence-electron chi connectivity index (χ2n) is 10.6. The Labute approximate surface area is 232 Å². The van der Waals surface area contributed by atoms with E-state index in [4.69, 9.17) is 28.4 Å². The quantitative estimate of drug-likeness (QED) is 0.283. The van der Waals surface area contributed by atoms with Gasteiger partial charge in [-0.25, -0.2) is 9.59 Å². The van der Waals surface area contributed by atoms with Crippen LogP contribution in [0.4, 0.5) is 4.79 Å². The van der Waals surface area contributed by atoms with Crippen molar-refractivity contribution >= 4 is 30.0 Å². The summed E-state index contributed by atoms with van der Waals surface area (Å²) >= 11 is 0. The highest BCUT2D eigenvalue weighted by Gasteiger charge is 2.58. The summed E-state index contributed by atoms with van der Waals surface area (Å²) in [6.07, 6.45) is -2.61. The number of methoxy groups -OCH3 is 1. The van der Waals surface area contributed by atoms with E-state index in [9.17, 15) is 24.0 Å². The largest absolute Gasteiger partial charge is 0.467 e. The van der Waals surface area contributed by atoms with Gasteiger partial charge in [0.1, 0.15) is 5.60 Å². The third kappa shape index (κ3) is 7.46. The number of esters is 4. The van der Waals surface area contributed by atoms with E-state index in [0.717, 1.165) is 39.9 Å². The van der Waals surface area contributed by atoms with Crippen LogP contribution in [-0.2, 0) is 47.6 Å². The van der Waals surface area contributed by atoms with Crippen molar-refractivity contribution in [3.8, 4) is 0 Å². The number of nitrogens with zero attached hydrogens (tertiary/aromatic N) is 2. The zero-order valence-corrected chi connectivity index (χ0v) is 23.8. The number of pyridine rings is 1. The van der Waals surface area contributed by atoms with Crippen LogP contribution in [0.5, 0.6) is 0 Å². The van der Waals surface area contributed by atoms with Crippen molar-refractivity contribution in [2.45, 2.75) is 96.7 Å². The first-order chi connectivity index (χ1) is 18.7. The number of hydrogen-bond donors (Lipinski definition) is 0. The molecule has 2 saturated heterocycles. The molecule has 0 N–H and O–H groups in total. The van der Waals surface area contributed by atoms with Crippen LogP contribution in [0.25, 0.3) is 0 Å². The normalized spacial score (nSPS) is 26.4. The maximum absolute atomic E-state index is 12.9. The molecule has 2 aliphatic heterocycles. The average molecular weight is 566 g/mol. The minimum atomic E-state index is -1.52. The molecule has 1 amide bonds. The molecule has 0 aromatic carbocycles. The fourth-order valence-electron chi connectivity index (χ4n) is 4.85. The SMILES string of the molecule is COC(=O)[C@H]1O[C@@H]([n+]2cccc([C@@H]3CCCN3C(=O)OC(C)(C)C)c2)[C@H](OC(C)=O)[C@@H](OC(C)=O)[C@@H]1OC(C)=O. The summed E-state index contributed by atoms with van der Waals surface area (Å²) in [5, 5.41) is 0. The van der Waals surface area contributed by atoms with Gasteiger partial charge in [-0.15, -0.1) is 0 Å². The molecule has 0 spiro atoms. The Morgan fingerprint density at radius 2 is 1.55 bits per heavy atom. The van der Waals surface area contributed by atoms with Crippen LogP contribution in [0, 0.1) is 0 Å². The monoisotopic (exact) mass is 565 g/mol. The Morgan fingerprint density at radius 3 is 2.12 bits per heavy atom. The van der Waals surface area contributed by atoms with E-state index in [2.05, 4.69) is 0 Å². The van der Waals surface area contributed by atoms with Crippen molar-refractivity contribution in [3.63, 3.8) is 0 Å². The van der Waals surface area contributed by atoms with Gasteiger partial charge in [0.25, 0.3) is 0 Å². The number of ether oxygens (including phenoxy) is 6. The summed E-state index contributed by atoms with van der Waals surface area (Å²) in [5.41, 5.74) is 0.0676. The fraction of sp³-hybridized carbons (Fsp3) is 0.630. The smallest absolute Gasteiger partial charge is 0.410 e. The lowest BCUT2D eigenvalue weighted by Crippen LogP contribution is -2.66. The Balaban J connectivity index is 2.05. The van der Waals surface area contributed by atoms with Crippen LogP contribution in [0.2, 0.25) is 0 Å². The maximum atomic E-state index is 12.9. The summed E-state index contributed by atoms with van der Waals surface area (Å²) in [6.45, 7) is 9.29. The van der Waals surface area contributed by atoms with Gasteiger partial charge in [-0.05, 0) is 39.7 Å². The number of rotatable bonds is 6. The fourth-order valence-corrected chi connectivity index (χ4v) is 4.85. The number of aromatic nitrogens is 1. The Hall–Kier alpha value is -3.74. The second-order valence-corrected chi connectivity index (χ2v) is 10.6. The highest BCUT2D eigenvalue weighted by atomic mass is 16.7. The van der Waals surface area contributed by atoms with E-state index >= 15 is 0 Å². The van der Waals surface area contributed by atoms with Gasteiger partial charge in [-0.2, -0.15) is 4.57 Å². The van der Waals surface area contributed by atoms with Crippen molar-refractivity contribution < 1.29 is 57.0 Å². The molecule has 3 heterocycles. The summed E-state index contributed by atoms with van der Waals surface area (Å²) in [7, 11) is 1.13. The van der Waals surface area contributed by atoms with Crippen LogP contribution in [0.3, 0.4) is 0 Å². The van der Waals surface area contributed by atoms with Gasteiger partial charge in [-0.3, -0.25) is 19.1 Å². The standard InChI is InChI=1S/C27H37N2O11/c1-15(30)36-20-21(37-16(2)31)23(25(33)35-7)39-24(22(20)38-17(3)32)28-12-8-10-18(14-28)19-11-9-13-29(19)26(34)40-27(4,5)6/h8,10,12,14,19-24H,9,11,13H2,1-7H3/q+1/t19-,20-,21-,22+,23-,24+/m0/s1. The number of carbonyl (C=O) groups excluding carboxylic acids is 5. The van der Waals surface area contributed by atoms with Crippen molar-refractivity contribution in [1.82, 2.24) is 4.90 Å². The van der Waals surface area contributed by atoms with Crippen LogP contribution >= 0.6 is 0 Å². The summed E-state index contributed by atoms with van der Waals surface area (Å²) < 4.78 is 34.4. The molecule has 0 bridgehead atoms. The Morgan fingerprint density at radius 1 is 0.950 bits per heavy atom. The Bertz CT molecular complexity index is 1130. The molecule has 2 aliphatic rings. The highest BCUT2D eigenvalue weighted by Crippen LogP contribution is 2.35. The molecular weight excluding hydrogens is 528 g/mol. The molecular formula is C27H37N2O11+. The molecule has 6 atom stereocenters. The molecule has 0 unspecified atom stereocenters. The second kappa shape index (κ2) is 12.6. The minimum absolute atomic E-state index is 0.312. The van der Waals surface area contributed by atoms with E-state index in [1.807, 2.05) is 6.07 Å². The third-order valence-electron chi connectivity index (χ3n) is 6.26. The highest BCUT2D eigenvalue weighted by molar-refractivity contribution is 5.77. The predicted octanol–water partition coefficient (Wildman–Crippen LogP) is 1.91. The van der Waals surface area contributed by atoms with Crippen molar-refractivity contribution in [1.29, 1.82) is 0 Å². The Kier molecular flexibility index (Phi) is 9.72. The van der Waals surface area contributed by atoms with Crippen molar-refractivity contribution in [2.24, 2.45) is 0 Å². The summed E-state index contributed by atoms with van der Waals surface area (Å²) in [6, 6.07) is 3.23. The molecule has 220 valence electrons. The van der Waals surface area contributed by atoms with Gasteiger partial charge >= 0.3 is 36.2 Å². The van der Waals surface area contributed by atoms with Crippen LogP contribution in [-0.4, -0.2) is 78.5 Å². The number of hydrogen-bond acceptors (Lipinski definition) is 11. The average Bonchev–Trinajstić information content (AvgIpc) is 3.34. The molecule has 3 rings (SSSR count). The number of amides is 1. The summed E-state index contributed by atoms with van der Waals surface area (Å²) in [5.74, 6) is -3.16. The van der Waals surface area contributed by atoms with Gasteiger partial charge in [0.05, 0.1) is 13.2 Å². The van der Waals surface area contributed by atoms with E-state index in [0.29, 0.717) is 13.0 Å². The van der Waals surface area contributed by atoms with Gasteiger partial charge < -0.3 is 28.6 Å². The van der Waals surface area contributed by atoms with Gasteiger partial charge in [-0.1, -0.05) is 0 Å². The molecule has 2 fully saturated rings. The molecule has 1 aromatic heterocycles. The molecule has 1 aromatic rings. The predicted molar refractivity (Wildman–Crippen MR) is 134 cm³/mol. The van der Waals surface area contributed by atoms with E-state index in [1.54, 1.807) is 48.7 Å². The van der Waals surface area contributed by atoms with Crippen LogP contribution < -0.4 is 4.57 Å². The van der Waals surface area contributed by atoms with E-state index in [1.165, 1.54) is 0 Å². The van der Waals surface area contributed by atoms with E-state index in [-0.39, 0.29) is 6.04 Å². The molecule has 40 heavy (non-hydrogen) atoms. The topological polar surface area (TPSA) is 148 Å². The minimum Gasteiger partial charge on any atom is -0.467 e. The van der Waals surface area contributed by atoms with E-state index < -0.39 is 66.2 Å². The lowest BCUT2D eigenvalue weighted by molar-refractivity contribution is -0.776. The van der Waals surface area contributed by atoms with Gasteiger partial charge in [0.15, 0.2) is 24.6 Å². The van der Waals surface area contributed by atoms with Crippen LogP contribution in [0.1, 0.15) is 72.2 Å². The molecule has 13 heteroatoms. The molecule has 0 radical (unpaired) electrons. The molecule has 0 saturated carbocycles. The molecule has 0 aliphatic carbocycles. The summed E-state index contributed by atoms with van der Waals surface area (Å²) in [4.78, 5) is 63.4. The number of carbonyl (C=O) groups is 5. The zero-order chi connectivity index (χ0) is 29.8. The van der Waals surface area contributed by atoms with Crippen LogP contribution in [0.15, 0.2) is 24.5 Å². The first kappa shape index (κ1) is 30.8.